The number of carbonyl (C=O) groups is 2. The number of carbonyl (C=O) groups excluding carboxylic acids is 1. The number of amides is 1. The van der Waals surface area contributed by atoms with Crippen LogP contribution in [-0.2, 0) is 14.3 Å². The Morgan fingerprint density at radius 2 is 1.77 bits per heavy atom. The van der Waals surface area contributed by atoms with Gasteiger partial charge in [-0.05, 0) is 31.4 Å². The number of ether oxygens (including phenoxy) is 2. The fourth-order valence-electron chi connectivity index (χ4n) is 4.20. The smallest absolute Gasteiger partial charge is 0.475 e. The second kappa shape index (κ2) is 10.5. The standard InChI is InChI=1S/C18H26N2O4.C2HF3O2/c21-18(16-2-1-8-23-16)20-6-3-14-12-19(7-11-24-17(14)13-20)15-4-9-22-10-5-15;3-2(4,5)1(6)7/h1-2,8,14-15,17H,3-7,9-13H2;(H,6,7)/t14-,17-;/m1./s1. The highest BCUT2D eigenvalue weighted by Crippen LogP contribution is 2.27. The number of halogens is 3. The van der Waals surface area contributed by atoms with Gasteiger partial charge in [-0.15, -0.1) is 0 Å². The third-order valence-electron chi connectivity index (χ3n) is 5.84. The fraction of sp³-hybridized carbons (Fsp3) is 0.700. The largest absolute Gasteiger partial charge is 0.490 e. The van der Waals surface area contributed by atoms with Crippen LogP contribution in [0, 0.1) is 5.92 Å². The highest BCUT2D eigenvalue weighted by Gasteiger charge is 2.38. The maximum atomic E-state index is 12.5. The lowest BCUT2D eigenvalue weighted by molar-refractivity contribution is -0.192. The Labute approximate surface area is 177 Å². The zero-order valence-electron chi connectivity index (χ0n) is 17.1. The molecule has 3 saturated heterocycles. The van der Waals surface area contributed by atoms with Gasteiger partial charge in [-0.3, -0.25) is 9.69 Å². The maximum absolute atomic E-state index is 12.5. The van der Waals surface area contributed by atoms with E-state index in [9.17, 15) is 18.0 Å². The average Bonchev–Trinajstić information content (AvgIpc) is 3.20. The number of furan rings is 1. The Kier molecular flexibility index (Phi) is 7.95. The van der Waals surface area contributed by atoms with E-state index in [1.807, 2.05) is 4.90 Å². The molecule has 1 amide bonds. The summed E-state index contributed by atoms with van der Waals surface area (Å²) < 4.78 is 48.6. The van der Waals surface area contributed by atoms with E-state index >= 15 is 0 Å². The van der Waals surface area contributed by atoms with Crippen molar-refractivity contribution in [3.05, 3.63) is 24.2 Å². The van der Waals surface area contributed by atoms with Crippen LogP contribution in [0.4, 0.5) is 13.2 Å². The zero-order valence-corrected chi connectivity index (χ0v) is 17.1. The molecule has 0 radical (unpaired) electrons. The summed E-state index contributed by atoms with van der Waals surface area (Å²) >= 11 is 0. The van der Waals surface area contributed by atoms with Gasteiger partial charge in [0.1, 0.15) is 0 Å². The Morgan fingerprint density at radius 1 is 1.06 bits per heavy atom. The number of hydrogen-bond acceptors (Lipinski definition) is 6. The molecule has 4 rings (SSSR count). The molecular formula is C20H27F3N2O6. The van der Waals surface area contributed by atoms with Crippen LogP contribution in [0.1, 0.15) is 29.8 Å². The van der Waals surface area contributed by atoms with Crippen LogP contribution in [0.2, 0.25) is 0 Å². The molecule has 3 fully saturated rings. The number of nitrogens with zero attached hydrogens (tertiary/aromatic N) is 2. The Balaban J connectivity index is 0.000000339. The van der Waals surface area contributed by atoms with Gasteiger partial charge < -0.3 is 23.9 Å². The van der Waals surface area contributed by atoms with Crippen molar-refractivity contribution < 1.29 is 41.8 Å². The molecule has 2 atom stereocenters. The highest BCUT2D eigenvalue weighted by atomic mass is 19.4. The average molecular weight is 448 g/mol. The summed E-state index contributed by atoms with van der Waals surface area (Å²) in [6, 6.07) is 4.12. The first-order valence-electron chi connectivity index (χ1n) is 10.3. The van der Waals surface area contributed by atoms with Crippen LogP contribution in [0.5, 0.6) is 0 Å². The molecule has 3 aliphatic heterocycles. The van der Waals surface area contributed by atoms with E-state index in [0.717, 1.165) is 58.7 Å². The normalized spacial score (nSPS) is 25.7. The second-order valence-electron chi connectivity index (χ2n) is 7.83. The molecule has 31 heavy (non-hydrogen) atoms. The zero-order chi connectivity index (χ0) is 22.4. The van der Waals surface area contributed by atoms with Gasteiger partial charge in [0.25, 0.3) is 5.91 Å². The lowest BCUT2D eigenvalue weighted by Gasteiger charge is -2.39. The molecule has 1 aromatic heterocycles. The molecule has 0 unspecified atom stereocenters. The second-order valence-corrected chi connectivity index (χ2v) is 7.83. The minimum Gasteiger partial charge on any atom is -0.475 e. The van der Waals surface area contributed by atoms with Crippen molar-refractivity contribution in [3.63, 3.8) is 0 Å². The number of carboxylic acid groups (broad SMARTS) is 1. The minimum absolute atomic E-state index is 0.0208. The Bertz CT molecular complexity index is 721. The minimum atomic E-state index is -5.08. The van der Waals surface area contributed by atoms with Gasteiger partial charge in [-0.1, -0.05) is 0 Å². The SMILES string of the molecule is O=C(O)C(F)(F)F.O=C(c1ccco1)N1CC[C@@H]2CN(C3CCOCC3)CCO[C@@H]2C1. The molecule has 11 heteroatoms. The predicted octanol–water partition coefficient (Wildman–Crippen LogP) is 2.25. The number of fused-ring (bicyclic) bond motifs is 1. The number of aliphatic carboxylic acids is 1. The van der Waals surface area contributed by atoms with E-state index in [4.69, 9.17) is 23.8 Å². The molecule has 0 aromatic carbocycles. The lowest BCUT2D eigenvalue weighted by atomic mass is 9.92. The molecule has 4 heterocycles. The van der Waals surface area contributed by atoms with Crippen molar-refractivity contribution in [1.29, 1.82) is 0 Å². The van der Waals surface area contributed by atoms with Crippen LogP contribution >= 0.6 is 0 Å². The number of alkyl halides is 3. The quantitative estimate of drug-likeness (QED) is 0.742. The van der Waals surface area contributed by atoms with Gasteiger partial charge in [0.15, 0.2) is 5.76 Å². The van der Waals surface area contributed by atoms with Gasteiger partial charge in [0.2, 0.25) is 0 Å². The molecule has 174 valence electrons. The van der Waals surface area contributed by atoms with Crippen LogP contribution < -0.4 is 0 Å². The third kappa shape index (κ3) is 6.44. The third-order valence-corrected chi connectivity index (χ3v) is 5.84. The monoisotopic (exact) mass is 448 g/mol. The summed E-state index contributed by atoms with van der Waals surface area (Å²) in [7, 11) is 0. The number of hydrogen-bond donors (Lipinski definition) is 1. The fourth-order valence-corrected chi connectivity index (χ4v) is 4.20. The molecule has 3 aliphatic rings. The molecule has 0 spiro atoms. The first kappa shape index (κ1) is 23.6. The van der Waals surface area contributed by atoms with E-state index in [2.05, 4.69) is 4.90 Å². The van der Waals surface area contributed by atoms with Crippen molar-refractivity contribution in [2.75, 3.05) is 46.0 Å². The van der Waals surface area contributed by atoms with E-state index in [-0.39, 0.29) is 12.0 Å². The first-order chi connectivity index (χ1) is 14.8. The van der Waals surface area contributed by atoms with Crippen LogP contribution in [0.25, 0.3) is 0 Å². The Hall–Kier alpha value is -2.11. The van der Waals surface area contributed by atoms with Crippen molar-refractivity contribution in [2.45, 2.75) is 37.6 Å². The molecule has 1 aromatic rings. The van der Waals surface area contributed by atoms with Crippen LogP contribution in [-0.4, -0.2) is 91.1 Å². The first-order valence-corrected chi connectivity index (χ1v) is 10.3. The van der Waals surface area contributed by atoms with Gasteiger partial charge in [-0.2, -0.15) is 13.2 Å². The summed E-state index contributed by atoms with van der Waals surface area (Å²) in [4.78, 5) is 25.9. The maximum Gasteiger partial charge on any atom is 0.490 e. The van der Waals surface area contributed by atoms with Crippen molar-refractivity contribution in [1.82, 2.24) is 9.80 Å². The van der Waals surface area contributed by atoms with Crippen LogP contribution in [0.15, 0.2) is 22.8 Å². The Morgan fingerprint density at radius 3 is 2.39 bits per heavy atom. The van der Waals surface area contributed by atoms with E-state index in [0.29, 0.717) is 24.3 Å². The van der Waals surface area contributed by atoms with Gasteiger partial charge in [-0.25, -0.2) is 4.79 Å². The molecule has 8 nitrogen and oxygen atoms in total. The van der Waals surface area contributed by atoms with Crippen LogP contribution in [0.3, 0.4) is 0 Å². The number of likely N-dealkylation sites (tertiary alicyclic amines) is 1. The topological polar surface area (TPSA) is 92.4 Å². The van der Waals surface area contributed by atoms with Crippen molar-refractivity contribution in [2.24, 2.45) is 5.92 Å². The van der Waals surface area contributed by atoms with Gasteiger partial charge >= 0.3 is 12.1 Å². The van der Waals surface area contributed by atoms with Crippen molar-refractivity contribution in [3.8, 4) is 0 Å². The number of rotatable bonds is 2. The van der Waals surface area contributed by atoms with E-state index < -0.39 is 12.1 Å². The van der Waals surface area contributed by atoms with E-state index in [1.165, 1.54) is 0 Å². The summed E-state index contributed by atoms with van der Waals surface area (Å²) in [5, 5.41) is 7.12. The molecule has 0 bridgehead atoms. The molecular weight excluding hydrogens is 421 g/mol. The summed E-state index contributed by atoms with van der Waals surface area (Å²) in [6.45, 7) is 6.03. The van der Waals surface area contributed by atoms with Crippen molar-refractivity contribution >= 4 is 11.9 Å². The van der Waals surface area contributed by atoms with E-state index in [1.54, 1.807) is 18.4 Å². The molecule has 0 saturated carbocycles. The predicted molar refractivity (Wildman–Crippen MR) is 102 cm³/mol. The summed E-state index contributed by atoms with van der Waals surface area (Å²) in [5.74, 6) is -1.85. The van der Waals surface area contributed by atoms with Gasteiger partial charge in [0, 0.05) is 51.4 Å². The molecule has 1 N–H and O–H groups in total. The number of carboxylic acids is 1. The number of piperidine rings is 1. The molecule has 0 aliphatic carbocycles. The lowest BCUT2D eigenvalue weighted by Crippen LogP contribution is -2.50. The summed E-state index contributed by atoms with van der Waals surface area (Å²) in [5.41, 5.74) is 0. The highest BCUT2D eigenvalue weighted by molar-refractivity contribution is 5.91. The summed E-state index contributed by atoms with van der Waals surface area (Å²) in [6.07, 6.45) is -0.145. The van der Waals surface area contributed by atoms with Gasteiger partial charge in [0.05, 0.1) is 19.0 Å².